The monoisotopic (exact) mass is 374 g/mol. The normalized spacial score (nSPS) is 18.0. The third-order valence-electron chi connectivity index (χ3n) is 4.34. The van der Waals surface area contributed by atoms with Crippen molar-refractivity contribution in [1.82, 2.24) is 4.98 Å². The molecule has 129 valence electrons. The zero-order valence-electron chi connectivity index (χ0n) is 14.3. The number of hydrogen-bond acceptors (Lipinski definition) is 2. The van der Waals surface area contributed by atoms with Crippen molar-refractivity contribution in [3.63, 3.8) is 0 Å². The van der Waals surface area contributed by atoms with Crippen molar-refractivity contribution in [3.8, 4) is 11.3 Å². The molecule has 1 aliphatic carbocycles. The molecule has 1 aromatic carbocycles. The molecule has 3 rings (SSSR count). The van der Waals surface area contributed by atoms with Crippen LogP contribution in [0.2, 0.25) is 0 Å². The number of rotatable bonds is 0. The van der Waals surface area contributed by atoms with Crippen LogP contribution in [-0.4, -0.2) is 16.3 Å². The predicted octanol–water partition coefficient (Wildman–Crippen LogP) is 4.81. The molecule has 1 aromatic heterocycles. The van der Waals surface area contributed by atoms with Crippen LogP contribution < -0.4 is 0 Å². The third kappa shape index (κ3) is 2.69. The maximum Gasteiger partial charge on any atom is 0.425 e. The number of benzene rings is 1. The van der Waals surface area contributed by atoms with Crippen LogP contribution in [0.1, 0.15) is 41.8 Å². The summed E-state index contributed by atoms with van der Waals surface area (Å²) < 4.78 is 40.9. The Bertz CT molecular complexity index is 759. The summed E-state index contributed by atoms with van der Waals surface area (Å²) in [6.07, 6.45) is -4.80. The van der Waals surface area contributed by atoms with E-state index in [1.165, 1.54) is 12.1 Å². The molecule has 2 nitrogen and oxygen atoms in total. The van der Waals surface area contributed by atoms with Crippen LogP contribution in [0.5, 0.6) is 0 Å². The molecular formula is C18H20F3NOV. The molecule has 0 amide bonds. The number of hydrogen-bond donors (Lipinski definition) is 1. The molecule has 1 N–H and O–H groups in total. The van der Waals surface area contributed by atoms with E-state index in [0.29, 0.717) is 22.4 Å². The molecular weight excluding hydrogens is 354 g/mol. The van der Waals surface area contributed by atoms with E-state index in [0.717, 1.165) is 0 Å². The largest absolute Gasteiger partial charge is 0.425 e. The Morgan fingerprint density at radius 3 is 2.08 bits per heavy atom. The van der Waals surface area contributed by atoms with Crippen LogP contribution in [0.25, 0.3) is 11.3 Å². The van der Waals surface area contributed by atoms with Crippen LogP contribution in [0.3, 0.4) is 0 Å². The van der Waals surface area contributed by atoms with Crippen molar-refractivity contribution in [2.45, 2.75) is 46.4 Å². The number of fused-ring (bicyclic) bond motifs is 3. The molecule has 0 saturated heterocycles. The minimum atomic E-state index is -4.80. The summed E-state index contributed by atoms with van der Waals surface area (Å²) in [7, 11) is 0. The Kier molecular flexibility index (Phi) is 5.97. The number of pyridine rings is 1. The van der Waals surface area contributed by atoms with Gasteiger partial charge >= 0.3 is 6.18 Å². The Morgan fingerprint density at radius 2 is 1.54 bits per heavy atom. The molecule has 1 unspecified atom stereocenters. The van der Waals surface area contributed by atoms with Gasteiger partial charge in [-0.1, -0.05) is 38.1 Å². The number of aromatic nitrogens is 1. The van der Waals surface area contributed by atoms with Crippen molar-refractivity contribution >= 4 is 0 Å². The fourth-order valence-corrected chi connectivity index (χ4v) is 3.02. The molecule has 2 aromatic rings. The van der Waals surface area contributed by atoms with Crippen LogP contribution >= 0.6 is 0 Å². The Balaban J connectivity index is 0.000000925. The van der Waals surface area contributed by atoms with E-state index in [2.05, 4.69) is 4.98 Å². The molecule has 0 spiro atoms. The SMILES string of the molecule is CC.Cc1nc2c(c(C)c1C)C(O)(C(F)(F)F)c1ccccc1-2.[V]. The van der Waals surface area contributed by atoms with Crippen molar-refractivity contribution < 1.29 is 36.8 Å². The van der Waals surface area contributed by atoms with Crippen LogP contribution in [0, 0.1) is 20.8 Å². The van der Waals surface area contributed by atoms with Crippen molar-refractivity contribution in [2.75, 3.05) is 0 Å². The summed E-state index contributed by atoms with van der Waals surface area (Å²) in [5.74, 6) is 0. The molecule has 24 heavy (non-hydrogen) atoms. The zero-order valence-corrected chi connectivity index (χ0v) is 15.7. The quantitative estimate of drug-likeness (QED) is 0.718. The second-order valence-corrected chi connectivity index (χ2v) is 5.42. The van der Waals surface area contributed by atoms with E-state index in [1.807, 2.05) is 13.8 Å². The Labute approximate surface area is 152 Å². The Morgan fingerprint density at radius 1 is 1.00 bits per heavy atom. The minimum absolute atomic E-state index is 0. The molecule has 0 aliphatic heterocycles. The number of aliphatic hydroxyl groups is 1. The third-order valence-corrected chi connectivity index (χ3v) is 4.34. The number of nitrogens with zero attached hydrogens (tertiary/aromatic N) is 1. The number of halogens is 3. The van der Waals surface area contributed by atoms with Crippen LogP contribution in [0.4, 0.5) is 13.2 Å². The van der Waals surface area contributed by atoms with Crippen molar-refractivity contribution in [3.05, 3.63) is 52.2 Å². The maximum atomic E-state index is 13.6. The van der Waals surface area contributed by atoms with Gasteiger partial charge in [0.2, 0.25) is 5.60 Å². The smallest absolute Gasteiger partial charge is 0.372 e. The predicted molar refractivity (Wildman–Crippen MR) is 84.3 cm³/mol. The van der Waals surface area contributed by atoms with E-state index in [1.54, 1.807) is 32.9 Å². The number of aryl methyl sites for hydroxylation is 1. The van der Waals surface area contributed by atoms with Gasteiger partial charge in [0.1, 0.15) is 0 Å². The summed E-state index contributed by atoms with van der Waals surface area (Å²) in [5.41, 5.74) is -0.920. The molecule has 6 heteroatoms. The van der Waals surface area contributed by atoms with E-state index < -0.39 is 11.8 Å². The topological polar surface area (TPSA) is 33.1 Å². The molecule has 1 atom stereocenters. The zero-order chi connectivity index (χ0) is 17.6. The van der Waals surface area contributed by atoms with Crippen molar-refractivity contribution in [1.29, 1.82) is 0 Å². The van der Waals surface area contributed by atoms with Gasteiger partial charge in [0.05, 0.1) is 5.69 Å². The van der Waals surface area contributed by atoms with Gasteiger partial charge in [-0.3, -0.25) is 4.98 Å². The summed E-state index contributed by atoms with van der Waals surface area (Å²) >= 11 is 0. The molecule has 1 aliphatic rings. The van der Waals surface area contributed by atoms with Gasteiger partial charge in [-0.2, -0.15) is 13.2 Å². The first kappa shape index (κ1) is 20.7. The first-order valence-electron chi connectivity index (χ1n) is 7.57. The second-order valence-electron chi connectivity index (χ2n) is 5.42. The van der Waals surface area contributed by atoms with Gasteiger partial charge in [-0.15, -0.1) is 0 Å². The molecule has 1 heterocycles. The number of alkyl halides is 3. The van der Waals surface area contributed by atoms with Gasteiger partial charge in [0, 0.05) is 40.9 Å². The maximum absolute atomic E-state index is 13.6. The second kappa shape index (κ2) is 6.91. The fourth-order valence-electron chi connectivity index (χ4n) is 3.02. The standard InChI is InChI=1S/C16H14F3NO.C2H6.V/c1-8-9(2)13-14(20-10(8)3)11-6-4-5-7-12(11)15(13,21)16(17,18)19;1-2;/h4-7,21H,1-3H3;1-2H3;. The van der Waals surface area contributed by atoms with Gasteiger partial charge < -0.3 is 5.11 Å². The van der Waals surface area contributed by atoms with E-state index in [4.69, 9.17) is 0 Å². The summed E-state index contributed by atoms with van der Waals surface area (Å²) in [6, 6.07) is 6.03. The average molecular weight is 374 g/mol. The average Bonchev–Trinajstić information content (AvgIpc) is 2.78. The fraction of sp³-hybridized carbons (Fsp3) is 0.389. The molecule has 1 radical (unpaired) electrons. The first-order chi connectivity index (χ1) is 10.7. The van der Waals surface area contributed by atoms with Gasteiger partial charge in [0.25, 0.3) is 0 Å². The van der Waals surface area contributed by atoms with Gasteiger partial charge in [0.15, 0.2) is 0 Å². The van der Waals surface area contributed by atoms with Crippen LogP contribution in [0.15, 0.2) is 24.3 Å². The first-order valence-corrected chi connectivity index (χ1v) is 7.57. The minimum Gasteiger partial charge on any atom is -0.372 e. The molecule has 0 saturated carbocycles. The van der Waals surface area contributed by atoms with E-state index in [-0.39, 0.29) is 35.4 Å². The van der Waals surface area contributed by atoms with E-state index >= 15 is 0 Å². The summed E-state index contributed by atoms with van der Waals surface area (Å²) in [6.45, 7) is 9.08. The summed E-state index contributed by atoms with van der Waals surface area (Å²) in [5, 5.41) is 10.6. The summed E-state index contributed by atoms with van der Waals surface area (Å²) in [4.78, 5) is 4.30. The molecule has 0 fully saturated rings. The van der Waals surface area contributed by atoms with E-state index in [9.17, 15) is 18.3 Å². The molecule has 0 bridgehead atoms. The van der Waals surface area contributed by atoms with Crippen LogP contribution in [-0.2, 0) is 24.2 Å². The van der Waals surface area contributed by atoms with Gasteiger partial charge in [-0.05, 0) is 31.9 Å². The Hall–Kier alpha value is -1.30. The van der Waals surface area contributed by atoms with Crippen molar-refractivity contribution in [2.24, 2.45) is 0 Å². The van der Waals surface area contributed by atoms with Gasteiger partial charge in [-0.25, -0.2) is 0 Å².